The summed E-state index contributed by atoms with van der Waals surface area (Å²) in [7, 11) is 1.53. The highest BCUT2D eigenvalue weighted by Gasteiger charge is 2.39. The van der Waals surface area contributed by atoms with E-state index in [0.29, 0.717) is 11.3 Å². The standard InChI is InChI=1S/C25H20N4O6/c1-14(30)26-17-10-8-16(9-11-17)12-20-23(33)29(25(28(20)3)27-15(2)31)13-19-22(32)18-6-4-5-7-21(18)35-24(19)34/h4-13H,1-3H3,(H,26,30)/b19-13-,20-12-,27-25?. The van der Waals surface area contributed by atoms with Gasteiger partial charge in [0.05, 0.1) is 5.56 Å². The van der Waals surface area contributed by atoms with Gasteiger partial charge < -0.3 is 15.0 Å². The number of guanidine groups is 1. The van der Waals surface area contributed by atoms with Gasteiger partial charge in [0.15, 0.2) is 0 Å². The molecule has 0 bridgehead atoms. The highest BCUT2D eigenvalue weighted by Crippen LogP contribution is 2.30. The van der Waals surface area contributed by atoms with Crippen LogP contribution in [0.25, 0.3) is 6.08 Å². The minimum Gasteiger partial charge on any atom is -0.422 e. The van der Waals surface area contributed by atoms with Crippen LogP contribution in [0.5, 0.6) is 5.75 Å². The van der Waals surface area contributed by atoms with Crippen LogP contribution in [0, 0.1) is 0 Å². The van der Waals surface area contributed by atoms with Crippen LogP contribution in [-0.2, 0) is 19.2 Å². The molecule has 0 radical (unpaired) electrons. The van der Waals surface area contributed by atoms with Crippen molar-refractivity contribution >= 4 is 47.2 Å². The molecule has 0 aromatic heterocycles. The summed E-state index contributed by atoms with van der Waals surface area (Å²) >= 11 is 0. The quantitative estimate of drug-likeness (QED) is 0.315. The monoisotopic (exact) mass is 472 g/mol. The first kappa shape index (κ1) is 23.3. The minimum absolute atomic E-state index is 0.0735. The van der Waals surface area contributed by atoms with Crippen LogP contribution in [0.4, 0.5) is 5.69 Å². The fourth-order valence-electron chi connectivity index (χ4n) is 3.57. The summed E-state index contributed by atoms with van der Waals surface area (Å²) in [4.78, 5) is 68.1. The maximum Gasteiger partial charge on any atom is 0.349 e. The second kappa shape index (κ2) is 9.18. The molecule has 1 saturated heterocycles. The number of esters is 1. The van der Waals surface area contributed by atoms with Gasteiger partial charge in [0.25, 0.3) is 5.91 Å². The minimum atomic E-state index is -0.919. The third-order valence-corrected chi connectivity index (χ3v) is 5.16. The lowest BCUT2D eigenvalue weighted by atomic mass is 10.0. The predicted octanol–water partition coefficient (Wildman–Crippen LogP) is 2.35. The lowest BCUT2D eigenvalue weighted by molar-refractivity contribution is -0.130. The second-order valence-electron chi connectivity index (χ2n) is 7.76. The van der Waals surface area contributed by atoms with Crippen LogP contribution >= 0.6 is 0 Å². The average molecular weight is 472 g/mol. The van der Waals surface area contributed by atoms with Crippen LogP contribution in [-0.4, -0.2) is 52.3 Å². The molecule has 2 aromatic carbocycles. The van der Waals surface area contributed by atoms with E-state index in [9.17, 15) is 24.0 Å². The molecule has 1 N–H and O–H groups in total. The fraction of sp³-hybridized carbons (Fsp3) is 0.120. The summed E-state index contributed by atoms with van der Waals surface area (Å²) < 4.78 is 5.23. The Morgan fingerprint density at radius 1 is 1.00 bits per heavy atom. The van der Waals surface area contributed by atoms with E-state index >= 15 is 0 Å². The first-order valence-electron chi connectivity index (χ1n) is 10.5. The summed E-state index contributed by atoms with van der Waals surface area (Å²) in [6.45, 7) is 2.61. The zero-order valence-corrected chi connectivity index (χ0v) is 19.1. The van der Waals surface area contributed by atoms with Crippen molar-refractivity contribution in [2.75, 3.05) is 12.4 Å². The first-order valence-corrected chi connectivity index (χ1v) is 10.5. The van der Waals surface area contributed by atoms with Crippen molar-refractivity contribution in [1.82, 2.24) is 9.80 Å². The molecule has 0 spiro atoms. The van der Waals surface area contributed by atoms with Crippen molar-refractivity contribution < 1.29 is 28.7 Å². The van der Waals surface area contributed by atoms with Gasteiger partial charge in [0.1, 0.15) is 17.0 Å². The van der Waals surface area contributed by atoms with Gasteiger partial charge in [-0.1, -0.05) is 24.3 Å². The third-order valence-electron chi connectivity index (χ3n) is 5.16. The van der Waals surface area contributed by atoms with Gasteiger partial charge in [-0.05, 0) is 35.9 Å². The molecule has 3 amide bonds. The van der Waals surface area contributed by atoms with Crippen LogP contribution in [0.3, 0.4) is 0 Å². The molecular weight excluding hydrogens is 452 g/mol. The van der Waals surface area contributed by atoms with E-state index in [4.69, 9.17) is 4.74 Å². The molecule has 4 rings (SSSR count). The molecule has 0 unspecified atom stereocenters. The Labute approximate surface area is 200 Å². The molecule has 10 heteroatoms. The number of likely N-dealkylation sites (N-methyl/N-ethyl adjacent to an activating group) is 1. The van der Waals surface area contributed by atoms with Crippen LogP contribution in [0.2, 0.25) is 0 Å². The van der Waals surface area contributed by atoms with Gasteiger partial charge in [-0.25, -0.2) is 4.79 Å². The number of ether oxygens (including phenoxy) is 1. The van der Waals surface area contributed by atoms with Gasteiger partial charge in [0.2, 0.25) is 23.6 Å². The van der Waals surface area contributed by atoms with Gasteiger partial charge >= 0.3 is 5.97 Å². The summed E-state index contributed by atoms with van der Waals surface area (Å²) in [5, 5.41) is 2.65. The van der Waals surface area contributed by atoms with Crippen molar-refractivity contribution in [3.63, 3.8) is 0 Å². The van der Waals surface area contributed by atoms with E-state index in [1.54, 1.807) is 42.5 Å². The number of carbonyl (C=O) groups excluding carboxylic acids is 5. The Bertz CT molecular complexity index is 1370. The number of benzene rings is 2. The van der Waals surface area contributed by atoms with Crippen molar-refractivity contribution in [1.29, 1.82) is 0 Å². The average Bonchev–Trinajstić information content (AvgIpc) is 3.01. The molecule has 176 valence electrons. The molecule has 0 aliphatic carbocycles. The first-order chi connectivity index (χ1) is 16.7. The normalized spacial score (nSPS) is 18.8. The highest BCUT2D eigenvalue weighted by atomic mass is 16.5. The third kappa shape index (κ3) is 4.62. The molecular formula is C25H20N4O6. The van der Waals surface area contributed by atoms with E-state index in [1.807, 2.05) is 0 Å². The number of nitrogens with one attached hydrogen (secondary N) is 1. The maximum absolute atomic E-state index is 13.3. The van der Waals surface area contributed by atoms with Crippen molar-refractivity contribution in [2.24, 2.45) is 4.99 Å². The smallest absolute Gasteiger partial charge is 0.349 e. The second-order valence-corrected chi connectivity index (χ2v) is 7.76. The van der Waals surface area contributed by atoms with Crippen LogP contribution in [0.15, 0.2) is 71.0 Å². The number of Topliss-reactive ketones (excluding diaryl/α,β-unsaturated/α-hetero) is 1. The number of carbonyl (C=O) groups is 5. The number of rotatable bonds is 3. The number of anilines is 1. The SMILES string of the molecule is CC(=O)N=C1N(/C=C2\C(=O)Oc3ccccc3C2=O)C(=O)/C(=C/c2ccc(NC(C)=O)cc2)N1C. The summed E-state index contributed by atoms with van der Waals surface area (Å²) in [5.41, 5.74) is 1.17. The van der Waals surface area contributed by atoms with Crippen molar-refractivity contribution in [3.05, 3.63) is 77.1 Å². The number of hydrogen-bond acceptors (Lipinski definition) is 6. The van der Waals surface area contributed by atoms with Gasteiger partial charge in [-0.15, -0.1) is 0 Å². The van der Waals surface area contributed by atoms with E-state index in [2.05, 4.69) is 10.3 Å². The van der Waals surface area contributed by atoms with Gasteiger partial charge in [-0.2, -0.15) is 4.99 Å². The number of ketones is 1. The van der Waals surface area contributed by atoms with E-state index in [-0.39, 0.29) is 34.4 Å². The lowest BCUT2D eigenvalue weighted by Gasteiger charge is -2.19. The summed E-state index contributed by atoms with van der Waals surface area (Å²) in [6.07, 6.45) is 2.60. The maximum atomic E-state index is 13.3. The molecule has 10 nitrogen and oxygen atoms in total. The number of fused-ring (bicyclic) bond motifs is 1. The Morgan fingerprint density at radius 2 is 1.69 bits per heavy atom. The number of para-hydroxylation sites is 1. The Morgan fingerprint density at radius 3 is 2.34 bits per heavy atom. The highest BCUT2D eigenvalue weighted by molar-refractivity contribution is 6.28. The van der Waals surface area contributed by atoms with E-state index < -0.39 is 23.6 Å². The van der Waals surface area contributed by atoms with E-state index in [1.165, 1.54) is 37.9 Å². The summed E-state index contributed by atoms with van der Waals surface area (Å²) in [6, 6.07) is 13.0. The zero-order chi connectivity index (χ0) is 25.3. The zero-order valence-electron chi connectivity index (χ0n) is 19.1. The molecule has 2 aromatic rings. The molecule has 2 heterocycles. The molecule has 35 heavy (non-hydrogen) atoms. The summed E-state index contributed by atoms with van der Waals surface area (Å²) in [5.74, 6) is -2.87. The Hall–Kier alpha value is -4.86. The van der Waals surface area contributed by atoms with Crippen LogP contribution in [0.1, 0.15) is 29.8 Å². The Balaban J connectivity index is 1.73. The molecule has 1 fully saturated rings. The molecule has 2 aliphatic rings. The fourth-order valence-corrected chi connectivity index (χ4v) is 3.57. The molecule has 0 atom stereocenters. The van der Waals surface area contributed by atoms with Crippen LogP contribution < -0.4 is 10.1 Å². The van der Waals surface area contributed by atoms with Crippen molar-refractivity contribution in [3.8, 4) is 5.75 Å². The Kier molecular flexibility index (Phi) is 6.11. The number of aliphatic imine (C=N–C) groups is 1. The number of amides is 3. The lowest BCUT2D eigenvalue weighted by Crippen LogP contribution is -2.33. The van der Waals surface area contributed by atoms with E-state index in [0.717, 1.165) is 11.1 Å². The predicted molar refractivity (Wildman–Crippen MR) is 126 cm³/mol. The molecule has 0 saturated carbocycles. The largest absolute Gasteiger partial charge is 0.422 e. The van der Waals surface area contributed by atoms with Gasteiger partial charge in [0, 0.05) is 32.8 Å². The van der Waals surface area contributed by atoms with Crippen molar-refractivity contribution in [2.45, 2.75) is 13.8 Å². The topological polar surface area (TPSA) is 125 Å². The number of hydrogen-bond donors (Lipinski definition) is 1. The van der Waals surface area contributed by atoms with Gasteiger partial charge in [-0.3, -0.25) is 24.1 Å². The molecule has 2 aliphatic heterocycles. The number of nitrogens with zero attached hydrogens (tertiary/aromatic N) is 3.